The van der Waals surface area contributed by atoms with E-state index in [0.717, 1.165) is 37.1 Å². The summed E-state index contributed by atoms with van der Waals surface area (Å²) in [6.45, 7) is 12.3. The summed E-state index contributed by atoms with van der Waals surface area (Å²) >= 11 is 0. The van der Waals surface area contributed by atoms with Gasteiger partial charge in [-0.15, -0.1) is 0 Å². The Bertz CT molecular complexity index is 544. The van der Waals surface area contributed by atoms with Gasteiger partial charge in [-0.2, -0.15) is 0 Å². The molecule has 2 rings (SSSR count). The van der Waals surface area contributed by atoms with Gasteiger partial charge in [0.2, 0.25) is 5.88 Å². The molecule has 6 heteroatoms. The Kier molecular flexibility index (Phi) is 8.16. The predicted molar refractivity (Wildman–Crippen MR) is 108 cm³/mol. The molecule has 1 fully saturated rings. The maximum Gasteiger partial charge on any atom is 0.213 e. The van der Waals surface area contributed by atoms with Gasteiger partial charge in [0, 0.05) is 51.0 Å². The topological polar surface area (TPSA) is 61.8 Å². The fraction of sp³-hybridized carbons (Fsp3) is 0.700. The van der Waals surface area contributed by atoms with Crippen LogP contribution in [0.3, 0.4) is 0 Å². The van der Waals surface area contributed by atoms with Crippen LogP contribution in [-0.2, 0) is 6.54 Å². The van der Waals surface area contributed by atoms with E-state index in [1.165, 1.54) is 12.8 Å². The van der Waals surface area contributed by atoms with Crippen LogP contribution in [0.1, 0.15) is 46.1 Å². The maximum atomic E-state index is 5.67. The second-order valence-electron chi connectivity index (χ2n) is 7.54. The standard InChI is InChI=1S/C20H35N5O/c1-15(2)25(16(3)4)11-10-22-20(21-5)24-13-18-8-9-19(23-12-18)26-14-17-6-7-17/h8-9,12,15-17H,6-7,10-11,13-14H2,1-5H3,(H2,21,22,24). The summed E-state index contributed by atoms with van der Waals surface area (Å²) in [5, 5.41) is 6.72. The number of nitrogens with one attached hydrogen (secondary N) is 2. The summed E-state index contributed by atoms with van der Waals surface area (Å²) in [6, 6.07) is 5.07. The molecule has 1 heterocycles. The average Bonchev–Trinajstić information content (AvgIpc) is 3.44. The van der Waals surface area contributed by atoms with Crippen molar-refractivity contribution in [2.24, 2.45) is 10.9 Å². The molecule has 0 spiro atoms. The molecule has 1 aliphatic carbocycles. The molecule has 0 radical (unpaired) electrons. The molecule has 0 saturated heterocycles. The molecule has 146 valence electrons. The zero-order chi connectivity index (χ0) is 18.9. The van der Waals surface area contributed by atoms with E-state index >= 15 is 0 Å². The van der Waals surface area contributed by atoms with Gasteiger partial charge in [0.25, 0.3) is 0 Å². The fourth-order valence-corrected chi connectivity index (χ4v) is 2.91. The average molecular weight is 362 g/mol. The lowest BCUT2D eigenvalue weighted by Gasteiger charge is -2.30. The lowest BCUT2D eigenvalue weighted by molar-refractivity contribution is 0.178. The summed E-state index contributed by atoms with van der Waals surface area (Å²) in [4.78, 5) is 11.1. The van der Waals surface area contributed by atoms with Crippen molar-refractivity contribution in [1.29, 1.82) is 0 Å². The Labute approximate surface area is 158 Å². The number of hydrogen-bond donors (Lipinski definition) is 2. The van der Waals surface area contributed by atoms with Crippen molar-refractivity contribution < 1.29 is 4.74 Å². The third-order valence-electron chi connectivity index (χ3n) is 4.63. The van der Waals surface area contributed by atoms with Gasteiger partial charge in [0.05, 0.1) is 6.61 Å². The first-order valence-electron chi connectivity index (χ1n) is 9.77. The number of hydrogen-bond acceptors (Lipinski definition) is 4. The number of aromatic nitrogens is 1. The first-order valence-corrected chi connectivity index (χ1v) is 9.77. The molecule has 0 aromatic carbocycles. The highest BCUT2D eigenvalue weighted by Crippen LogP contribution is 2.29. The molecule has 1 aliphatic rings. The molecule has 26 heavy (non-hydrogen) atoms. The molecule has 1 aromatic rings. The lowest BCUT2D eigenvalue weighted by Crippen LogP contribution is -2.45. The quantitative estimate of drug-likeness (QED) is 0.496. The SMILES string of the molecule is CN=C(NCCN(C(C)C)C(C)C)NCc1ccc(OCC2CC2)nc1. The van der Waals surface area contributed by atoms with Crippen molar-refractivity contribution >= 4 is 5.96 Å². The van der Waals surface area contributed by atoms with Crippen LogP contribution in [0, 0.1) is 5.92 Å². The van der Waals surface area contributed by atoms with Gasteiger partial charge in [-0.25, -0.2) is 4.98 Å². The summed E-state index contributed by atoms with van der Waals surface area (Å²) in [5.41, 5.74) is 1.11. The van der Waals surface area contributed by atoms with Gasteiger partial charge in [-0.3, -0.25) is 9.89 Å². The van der Waals surface area contributed by atoms with E-state index in [4.69, 9.17) is 4.74 Å². The highest BCUT2D eigenvalue weighted by Gasteiger charge is 2.22. The molecule has 0 unspecified atom stereocenters. The summed E-state index contributed by atoms with van der Waals surface area (Å²) in [7, 11) is 1.80. The normalized spacial score (nSPS) is 15.0. The lowest BCUT2D eigenvalue weighted by atomic mass is 10.2. The van der Waals surface area contributed by atoms with Crippen molar-refractivity contribution in [3.8, 4) is 5.88 Å². The molecule has 6 nitrogen and oxygen atoms in total. The molecular formula is C20H35N5O. The van der Waals surface area contributed by atoms with Gasteiger partial charge >= 0.3 is 0 Å². The number of nitrogens with zero attached hydrogens (tertiary/aromatic N) is 3. The minimum atomic E-state index is 0.540. The van der Waals surface area contributed by atoms with Gasteiger partial charge in [0.1, 0.15) is 0 Å². The number of ether oxygens (including phenoxy) is 1. The summed E-state index contributed by atoms with van der Waals surface area (Å²) in [6.07, 6.45) is 4.45. The Balaban J connectivity index is 1.70. The number of aliphatic imine (C=N–C) groups is 1. The van der Waals surface area contributed by atoms with E-state index in [1.54, 1.807) is 7.05 Å². The first-order chi connectivity index (χ1) is 12.5. The third-order valence-corrected chi connectivity index (χ3v) is 4.63. The van der Waals surface area contributed by atoms with Crippen molar-refractivity contribution in [2.75, 3.05) is 26.7 Å². The molecule has 0 aliphatic heterocycles. The van der Waals surface area contributed by atoms with Gasteiger partial charge < -0.3 is 15.4 Å². The second kappa shape index (κ2) is 10.4. The smallest absolute Gasteiger partial charge is 0.213 e. The third kappa shape index (κ3) is 7.20. The van der Waals surface area contributed by atoms with Crippen molar-refractivity contribution in [3.05, 3.63) is 23.9 Å². The maximum absolute atomic E-state index is 5.67. The fourth-order valence-electron chi connectivity index (χ4n) is 2.91. The van der Waals surface area contributed by atoms with Gasteiger partial charge in [-0.1, -0.05) is 6.07 Å². The van der Waals surface area contributed by atoms with Crippen LogP contribution in [-0.4, -0.2) is 54.7 Å². The van der Waals surface area contributed by atoms with Crippen LogP contribution >= 0.6 is 0 Å². The number of rotatable bonds is 10. The molecule has 1 aromatic heterocycles. The number of guanidine groups is 1. The van der Waals surface area contributed by atoms with Crippen LogP contribution in [0.4, 0.5) is 0 Å². The Morgan fingerprint density at radius 1 is 1.23 bits per heavy atom. The van der Waals surface area contributed by atoms with Crippen LogP contribution < -0.4 is 15.4 Å². The summed E-state index contributed by atoms with van der Waals surface area (Å²) in [5.74, 6) is 2.27. The van der Waals surface area contributed by atoms with E-state index < -0.39 is 0 Å². The van der Waals surface area contributed by atoms with Crippen LogP contribution in [0.2, 0.25) is 0 Å². The van der Waals surface area contributed by atoms with Crippen molar-refractivity contribution in [3.63, 3.8) is 0 Å². The molecule has 2 N–H and O–H groups in total. The van der Waals surface area contributed by atoms with Gasteiger partial charge in [-0.05, 0) is 52.0 Å². The molecular weight excluding hydrogens is 326 g/mol. The Hall–Kier alpha value is -1.82. The minimum Gasteiger partial charge on any atom is -0.477 e. The van der Waals surface area contributed by atoms with Crippen molar-refractivity contribution in [2.45, 2.75) is 59.2 Å². The van der Waals surface area contributed by atoms with E-state index in [-0.39, 0.29) is 0 Å². The predicted octanol–water partition coefficient (Wildman–Crippen LogP) is 2.65. The van der Waals surface area contributed by atoms with E-state index in [1.807, 2.05) is 12.3 Å². The van der Waals surface area contributed by atoms with Gasteiger partial charge in [0.15, 0.2) is 5.96 Å². The van der Waals surface area contributed by atoms with E-state index in [9.17, 15) is 0 Å². The molecule has 1 saturated carbocycles. The van der Waals surface area contributed by atoms with Crippen molar-refractivity contribution in [1.82, 2.24) is 20.5 Å². The summed E-state index contributed by atoms with van der Waals surface area (Å²) < 4.78 is 5.67. The molecule has 0 bridgehead atoms. The molecule has 0 atom stereocenters. The van der Waals surface area contributed by atoms with E-state index in [0.29, 0.717) is 24.5 Å². The van der Waals surface area contributed by atoms with E-state index in [2.05, 4.69) is 59.3 Å². The highest BCUT2D eigenvalue weighted by molar-refractivity contribution is 5.79. The Morgan fingerprint density at radius 2 is 1.96 bits per heavy atom. The monoisotopic (exact) mass is 361 g/mol. The van der Waals surface area contributed by atoms with Crippen LogP contribution in [0.5, 0.6) is 5.88 Å². The van der Waals surface area contributed by atoms with Crippen LogP contribution in [0.25, 0.3) is 0 Å². The largest absolute Gasteiger partial charge is 0.477 e. The zero-order valence-electron chi connectivity index (χ0n) is 17.0. The zero-order valence-corrected chi connectivity index (χ0v) is 17.0. The molecule has 0 amide bonds. The highest BCUT2D eigenvalue weighted by atomic mass is 16.5. The second-order valence-corrected chi connectivity index (χ2v) is 7.54. The van der Waals surface area contributed by atoms with Crippen LogP contribution in [0.15, 0.2) is 23.3 Å². The minimum absolute atomic E-state index is 0.540. The Morgan fingerprint density at radius 3 is 2.50 bits per heavy atom. The number of pyridine rings is 1. The first kappa shape index (κ1) is 20.5.